The minimum Gasteiger partial charge on any atom is -0.506 e. The van der Waals surface area contributed by atoms with Gasteiger partial charge in [-0.3, -0.25) is 0 Å². The zero-order valence-corrected chi connectivity index (χ0v) is 14.2. The molecule has 2 aromatic rings. The second-order valence-corrected chi connectivity index (χ2v) is 7.66. The molecule has 1 fully saturated rings. The highest BCUT2D eigenvalue weighted by Crippen LogP contribution is 2.51. The summed E-state index contributed by atoms with van der Waals surface area (Å²) >= 11 is 1.75. The quantitative estimate of drug-likeness (QED) is 0.888. The van der Waals surface area contributed by atoms with E-state index in [1.54, 1.807) is 17.8 Å². The lowest BCUT2D eigenvalue weighted by molar-refractivity contribution is 0.213. The van der Waals surface area contributed by atoms with Crippen molar-refractivity contribution in [3.63, 3.8) is 0 Å². The average molecular weight is 326 g/mol. The Labute approximate surface area is 141 Å². The number of benzene rings is 2. The molecule has 1 saturated heterocycles. The second-order valence-electron chi connectivity index (χ2n) is 6.57. The number of phenolic OH excluding ortho intramolecular Hbond substituents is 1. The van der Waals surface area contributed by atoms with Gasteiger partial charge < -0.3 is 14.9 Å². The molecule has 0 aromatic heterocycles. The Hall–Kier alpha value is -1.65. The van der Waals surface area contributed by atoms with Gasteiger partial charge in [-0.05, 0) is 56.6 Å². The number of para-hydroxylation sites is 2. The van der Waals surface area contributed by atoms with Gasteiger partial charge in [0, 0.05) is 22.9 Å². The SMILES string of the molecule is CN1CCCC(CN2c3ccccc3Sc3cccc(O)c32)C1. The number of piperidine rings is 1. The van der Waals surface area contributed by atoms with Crippen LogP contribution in [-0.4, -0.2) is 36.7 Å². The van der Waals surface area contributed by atoms with Crippen molar-refractivity contribution in [3.05, 3.63) is 42.5 Å². The fourth-order valence-corrected chi connectivity index (χ4v) is 4.86. The van der Waals surface area contributed by atoms with E-state index in [-0.39, 0.29) is 0 Å². The van der Waals surface area contributed by atoms with Crippen molar-refractivity contribution in [1.82, 2.24) is 4.90 Å². The smallest absolute Gasteiger partial charge is 0.140 e. The predicted octanol–water partition coefficient (Wildman–Crippen LogP) is 4.34. The molecule has 23 heavy (non-hydrogen) atoms. The molecule has 0 bridgehead atoms. The first-order chi connectivity index (χ1) is 11.2. The maximum Gasteiger partial charge on any atom is 0.140 e. The first kappa shape index (κ1) is 14.9. The summed E-state index contributed by atoms with van der Waals surface area (Å²) in [5.74, 6) is 1.02. The highest BCUT2D eigenvalue weighted by molar-refractivity contribution is 7.99. The van der Waals surface area contributed by atoms with Crippen LogP contribution in [0, 0.1) is 5.92 Å². The molecule has 2 aromatic carbocycles. The number of nitrogens with zero attached hydrogens (tertiary/aromatic N) is 2. The van der Waals surface area contributed by atoms with Crippen LogP contribution in [0.2, 0.25) is 0 Å². The molecular formula is C19H22N2OS. The summed E-state index contributed by atoms with van der Waals surface area (Å²) in [7, 11) is 2.21. The van der Waals surface area contributed by atoms with Gasteiger partial charge in [-0.25, -0.2) is 0 Å². The Bertz CT molecular complexity index is 718. The third kappa shape index (κ3) is 2.81. The first-order valence-electron chi connectivity index (χ1n) is 8.27. The molecule has 4 heteroatoms. The van der Waals surface area contributed by atoms with Crippen LogP contribution in [0.25, 0.3) is 0 Å². The van der Waals surface area contributed by atoms with E-state index >= 15 is 0 Å². The lowest BCUT2D eigenvalue weighted by atomic mass is 9.97. The standard InChI is InChI=1S/C19H22N2OS/c1-20-11-5-6-14(12-20)13-21-15-7-2-3-9-17(15)23-18-10-4-8-16(22)19(18)21/h2-4,7-10,14,22H,5-6,11-13H2,1H3. The van der Waals surface area contributed by atoms with Gasteiger partial charge in [-0.2, -0.15) is 0 Å². The van der Waals surface area contributed by atoms with Crippen molar-refractivity contribution < 1.29 is 5.11 Å². The summed E-state index contributed by atoms with van der Waals surface area (Å²) in [6.07, 6.45) is 2.53. The molecule has 1 N–H and O–H groups in total. The monoisotopic (exact) mass is 326 g/mol. The normalized spacial score (nSPS) is 20.9. The van der Waals surface area contributed by atoms with Crippen molar-refractivity contribution in [1.29, 1.82) is 0 Å². The van der Waals surface area contributed by atoms with E-state index < -0.39 is 0 Å². The van der Waals surface area contributed by atoms with Crippen LogP contribution < -0.4 is 4.90 Å². The fraction of sp³-hybridized carbons (Fsp3) is 0.368. The van der Waals surface area contributed by atoms with Gasteiger partial charge in [0.25, 0.3) is 0 Å². The Kier molecular flexibility index (Phi) is 3.95. The van der Waals surface area contributed by atoms with E-state index in [0.717, 1.165) is 23.7 Å². The maximum atomic E-state index is 10.5. The van der Waals surface area contributed by atoms with Crippen LogP contribution >= 0.6 is 11.8 Å². The molecular weight excluding hydrogens is 304 g/mol. The van der Waals surface area contributed by atoms with E-state index in [0.29, 0.717) is 11.7 Å². The molecule has 120 valence electrons. The highest BCUT2D eigenvalue weighted by Gasteiger charge is 2.29. The maximum absolute atomic E-state index is 10.5. The van der Waals surface area contributed by atoms with E-state index in [2.05, 4.69) is 47.2 Å². The van der Waals surface area contributed by atoms with Gasteiger partial charge in [0.2, 0.25) is 0 Å². The fourth-order valence-electron chi connectivity index (χ4n) is 3.74. The van der Waals surface area contributed by atoms with E-state index in [1.807, 2.05) is 6.07 Å². The molecule has 3 nitrogen and oxygen atoms in total. The minimum absolute atomic E-state index is 0.383. The summed E-state index contributed by atoms with van der Waals surface area (Å²) < 4.78 is 0. The van der Waals surface area contributed by atoms with Crippen LogP contribution in [0.15, 0.2) is 52.3 Å². The van der Waals surface area contributed by atoms with Gasteiger partial charge in [-0.1, -0.05) is 30.0 Å². The summed E-state index contributed by atoms with van der Waals surface area (Å²) in [6, 6.07) is 14.4. The molecule has 2 heterocycles. The molecule has 4 rings (SSSR count). The third-order valence-corrected chi connectivity index (χ3v) is 5.90. The number of likely N-dealkylation sites (tertiary alicyclic amines) is 1. The van der Waals surface area contributed by atoms with Crippen molar-refractivity contribution in [2.45, 2.75) is 22.6 Å². The summed E-state index contributed by atoms with van der Waals surface area (Å²) in [4.78, 5) is 7.17. The minimum atomic E-state index is 0.383. The number of rotatable bonds is 2. The largest absolute Gasteiger partial charge is 0.506 e. The third-order valence-electron chi connectivity index (χ3n) is 4.79. The molecule has 2 aliphatic rings. The molecule has 0 saturated carbocycles. The topological polar surface area (TPSA) is 26.7 Å². The summed E-state index contributed by atoms with van der Waals surface area (Å²) in [6.45, 7) is 3.30. The zero-order chi connectivity index (χ0) is 15.8. The average Bonchev–Trinajstić information content (AvgIpc) is 2.55. The van der Waals surface area contributed by atoms with Crippen LogP contribution in [0.3, 0.4) is 0 Å². The molecule has 1 atom stereocenters. The molecule has 2 aliphatic heterocycles. The Morgan fingerprint density at radius 3 is 2.83 bits per heavy atom. The van der Waals surface area contributed by atoms with Gasteiger partial charge in [0.15, 0.2) is 0 Å². The Balaban J connectivity index is 1.73. The van der Waals surface area contributed by atoms with Crippen molar-refractivity contribution in [3.8, 4) is 5.75 Å². The summed E-state index contributed by atoms with van der Waals surface area (Å²) in [5.41, 5.74) is 2.20. The molecule has 0 amide bonds. The second kappa shape index (κ2) is 6.10. The number of hydrogen-bond acceptors (Lipinski definition) is 4. The number of anilines is 2. The molecule has 0 radical (unpaired) electrons. The molecule has 0 spiro atoms. The van der Waals surface area contributed by atoms with Gasteiger partial charge in [0.1, 0.15) is 5.75 Å². The number of hydrogen-bond donors (Lipinski definition) is 1. The Morgan fingerprint density at radius 1 is 1.13 bits per heavy atom. The molecule has 1 unspecified atom stereocenters. The lowest BCUT2D eigenvalue weighted by Gasteiger charge is -2.38. The highest BCUT2D eigenvalue weighted by atomic mass is 32.2. The lowest BCUT2D eigenvalue weighted by Crippen LogP contribution is -2.38. The van der Waals surface area contributed by atoms with E-state index in [9.17, 15) is 5.11 Å². The van der Waals surface area contributed by atoms with Crippen molar-refractivity contribution >= 4 is 23.1 Å². The van der Waals surface area contributed by atoms with E-state index in [4.69, 9.17) is 0 Å². The van der Waals surface area contributed by atoms with Crippen LogP contribution in [0.4, 0.5) is 11.4 Å². The molecule has 0 aliphatic carbocycles. The number of aromatic hydroxyl groups is 1. The van der Waals surface area contributed by atoms with Crippen LogP contribution in [0.1, 0.15) is 12.8 Å². The van der Waals surface area contributed by atoms with Gasteiger partial charge >= 0.3 is 0 Å². The number of fused-ring (bicyclic) bond motifs is 2. The van der Waals surface area contributed by atoms with Crippen LogP contribution in [-0.2, 0) is 0 Å². The first-order valence-corrected chi connectivity index (χ1v) is 9.09. The van der Waals surface area contributed by atoms with Crippen molar-refractivity contribution in [2.75, 3.05) is 31.6 Å². The number of phenols is 1. The van der Waals surface area contributed by atoms with Gasteiger partial charge in [0.05, 0.1) is 11.4 Å². The predicted molar refractivity (Wildman–Crippen MR) is 95.9 cm³/mol. The van der Waals surface area contributed by atoms with Crippen LogP contribution in [0.5, 0.6) is 5.75 Å². The van der Waals surface area contributed by atoms with Crippen molar-refractivity contribution in [2.24, 2.45) is 5.92 Å². The zero-order valence-electron chi connectivity index (χ0n) is 13.4. The van der Waals surface area contributed by atoms with E-state index in [1.165, 1.54) is 30.0 Å². The summed E-state index contributed by atoms with van der Waals surface area (Å²) in [5, 5.41) is 10.5. The Morgan fingerprint density at radius 2 is 1.96 bits per heavy atom. The van der Waals surface area contributed by atoms with Gasteiger partial charge in [-0.15, -0.1) is 0 Å².